The first-order chi connectivity index (χ1) is 10.1. The maximum absolute atomic E-state index is 12.0. The highest BCUT2D eigenvalue weighted by atomic mass is 32.1. The number of aromatic nitrogens is 4. The maximum atomic E-state index is 12.0. The molecule has 0 atom stereocenters. The summed E-state index contributed by atoms with van der Waals surface area (Å²) in [4.78, 5) is 12.1. The molecule has 2 aromatic heterocycles. The minimum Gasteiger partial charge on any atom is -0.505 e. The van der Waals surface area contributed by atoms with E-state index in [1.165, 1.54) is 4.68 Å². The van der Waals surface area contributed by atoms with Crippen molar-refractivity contribution in [3.8, 4) is 23.0 Å². The highest BCUT2D eigenvalue weighted by molar-refractivity contribution is 7.71. The van der Waals surface area contributed by atoms with Gasteiger partial charge in [-0.05, 0) is 30.8 Å². The molecule has 0 bridgehead atoms. The molecule has 0 amide bonds. The maximum Gasteiger partial charge on any atom is 0.284 e. The van der Waals surface area contributed by atoms with E-state index in [-0.39, 0.29) is 22.2 Å². The van der Waals surface area contributed by atoms with Crippen LogP contribution in [0, 0.1) is 11.8 Å². The molecule has 0 aliphatic rings. The second kappa shape index (κ2) is 4.98. The van der Waals surface area contributed by atoms with E-state index in [9.17, 15) is 9.90 Å². The summed E-state index contributed by atoms with van der Waals surface area (Å²) in [5, 5.41) is 20.2. The van der Waals surface area contributed by atoms with Gasteiger partial charge in [0.15, 0.2) is 11.4 Å². The number of rotatable bonds is 2. The van der Waals surface area contributed by atoms with Crippen molar-refractivity contribution in [2.75, 3.05) is 0 Å². The van der Waals surface area contributed by atoms with E-state index in [1.54, 1.807) is 12.1 Å². The van der Waals surface area contributed by atoms with Crippen LogP contribution in [-0.4, -0.2) is 25.1 Å². The molecule has 0 aliphatic heterocycles. The molecule has 0 saturated carbocycles. The van der Waals surface area contributed by atoms with Crippen molar-refractivity contribution in [3.63, 3.8) is 0 Å². The molecule has 0 fully saturated rings. The number of nitrogens with one attached hydrogen (secondary N) is 1. The number of hydrogen-bond donors (Lipinski definition) is 2. The summed E-state index contributed by atoms with van der Waals surface area (Å²) in [6.07, 6.45) is 0. The van der Waals surface area contributed by atoms with Crippen LogP contribution in [0.2, 0.25) is 0 Å². The van der Waals surface area contributed by atoms with Gasteiger partial charge in [-0.15, -0.1) is 5.10 Å². The summed E-state index contributed by atoms with van der Waals surface area (Å²) in [5.74, 6) is -0.310. The predicted molar refractivity (Wildman–Crippen MR) is 76.9 cm³/mol. The zero-order valence-electron chi connectivity index (χ0n) is 10.9. The molecule has 0 radical (unpaired) electrons. The van der Waals surface area contributed by atoms with Crippen LogP contribution in [0.4, 0.5) is 0 Å². The van der Waals surface area contributed by atoms with E-state index in [4.69, 9.17) is 16.6 Å². The van der Waals surface area contributed by atoms with E-state index < -0.39 is 5.56 Å². The minimum absolute atomic E-state index is 0.0137. The van der Waals surface area contributed by atoms with Crippen molar-refractivity contribution in [2.45, 2.75) is 6.92 Å². The van der Waals surface area contributed by atoms with Crippen LogP contribution in [0.25, 0.3) is 17.3 Å². The molecule has 106 valence electrons. The van der Waals surface area contributed by atoms with Crippen molar-refractivity contribution in [1.29, 1.82) is 0 Å². The summed E-state index contributed by atoms with van der Waals surface area (Å²) < 4.78 is 6.30. The van der Waals surface area contributed by atoms with Gasteiger partial charge in [-0.25, -0.2) is 5.10 Å². The Balaban J connectivity index is 2.26. The highest BCUT2D eigenvalue weighted by Crippen LogP contribution is 2.24. The number of aryl methyl sites for hydroxylation is 1. The Labute approximate surface area is 123 Å². The van der Waals surface area contributed by atoms with Gasteiger partial charge in [-0.1, -0.05) is 18.2 Å². The molecular formula is C13H10N4O3S. The number of aromatic hydroxyl groups is 1. The average molecular weight is 302 g/mol. The fourth-order valence-corrected chi connectivity index (χ4v) is 2.03. The lowest BCUT2D eigenvalue weighted by Gasteiger charge is -2.09. The first-order valence-corrected chi connectivity index (χ1v) is 6.42. The van der Waals surface area contributed by atoms with Gasteiger partial charge in [-0.3, -0.25) is 4.79 Å². The zero-order valence-corrected chi connectivity index (χ0v) is 11.7. The average Bonchev–Trinajstić information content (AvgIpc) is 2.86. The zero-order chi connectivity index (χ0) is 15.0. The predicted octanol–water partition coefficient (Wildman–Crippen LogP) is 1.96. The second-order valence-electron chi connectivity index (χ2n) is 4.33. The van der Waals surface area contributed by atoms with Crippen LogP contribution < -0.4 is 5.56 Å². The smallest absolute Gasteiger partial charge is 0.284 e. The van der Waals surface area contributed by atoms with Crippen molar-refractivity contribution in [1.82, 2.24) is 20.0 Å². The topological polar surface area (TPSA) is 96.9 Å². The lowest BCUT2D eigenvalue weighted by molar-refractivity contribution is 0.463. The first-order valence-electron chi connectivity index (χ1n) is 6.01. The summed E-state index contributed by atoms with van der Waals surface area (Å²) >= 11 is 4.79. The first kappa shape index (κ1) is 13.3. The Morgan fingerprint density at radius 2 is 2.14 bits per heavy atom. The van der Waals surface area contributed by atoms with Crippen molar-refractivity contribution < 1.29 is 9.52 Å². The molecule has 0 spiro atoms. The Bertz CT molecular complexity index is 925. The third kappa shape index (κ3) is 2.36. The molecule has 1 aromatic carbocycles. The van der Waals surface area contributed by atoms with Crippen molar-refractivity contribution in [3.05, 3.63) is 51.1 Å². The summed E-state index contributed by atoms with van der Waals surface area (Å²) in [7, 11) is 0. The van der Waals surface area contributed by atoms with Crippen molar-refractivity contribution >= 4 is 12.2 Å². The van der Waals surface area contributed by atoms with Gasteiger partial charge in [-0.2, -0.15) is 9.78 Å². The van der Waals surface area contributed by atoms with Crippen LogP contribution >= 0.6 is 12.2 Å². The van der Waals surface area contributed by atoms with E-state index in [1.807, 2.05) is 19.1 Å². The lowest BCUT2D eigenvalue weighted by atomic mass is 10.2. The minimum atomic E-state index is -0.459. The fourth-order valence-electron chi connectivity index (χ4n) is 1.90. The monoisotopic (exact) mass is 302 g/mol. The molecule has 0 aliphatic carbocycles. The molecule has 8 heteroatoms. The number of hydrogen-bond acceptors (Lipinski definition) is 6. The second-order valence-corrected chi connectivity index (χ2v) is 4.70. The molecule has 21 heavy (non-hydrogen) atoms. The number of aromatic amines is 1. The fraction of sp³-hybridized carbons (Fsp3) is 0.0769. The van der Waals surface area contributed by atoms with E-state index in [2.05, 4.69) is 15.3 Å². The Morgan fingerprint density at radius 3 is 2.81 bits per heavy atom. The lowest BCUT2D eigenvalue weighted by Crippen LogP contribution is -2.21. The molecule has 3 rings (SSSR count). The van der Waals surface area contributed by atoms with Gasteiger partial charge in [0, 0.05) is 6.07 Å². The largest absolute Gasteiger partial charge is 0.505 e. The number of para-hydroxylation sites is 1. The summed E-state index contributed by atoms with van der Waals surface area (Å²) in [5.41, 5.74) is 1.05. The third-order valence-corrected chi connectivity index (χ3v) is 3.07. The van der Waals surface area contributed by atoms with Gasteiger partial charge in [0.2, 0.25) is 0 Å². The van der Waals surface area contributed by atoms with Gasteiger partial charge in [0.1, 0.15) is 0 Å². The van der Waals surface area contributed by atoms with Crippen LogP contribution in [0.5, 0.6) is 5.75 Å². The van der Waals surface area contributed by atoms with Crippen molar-refractivity contribution in [2.24, 2.45) is 0 Å². The number of H-pyrrole nitrogens is 1. The molecule has 2 N–H and O–H groups in total. The molecule has 2 heterocycles. The van der Waals surface area contributed by atoms with Crippen LogP contribution in [0.3, 0.4) is 0 Å². The Kier molecular flexibility index (Phi) is 3.15. The van der Waals surface area contributed by atoms with Crippen LogP contribution in [0.15, 0.2) is 39.5 Å². The Morgan fingerprint density at radius 1 is 1.38 bits per heavy atom. The van der Waals surface area contributed by atoms with Gasteiger partial charge >= 0.3 is 0 Å². The Hall–Kier alpha value is -2.74. The summed E-state index contributed by atoms with van der Waals surface area (Å²) in [6.45, 7) is 1.86. The van der Waals surface area contributed by atoms with Gasteiger partial charge < -0.3 is 9.52 Å². The molecule has 3 aromatic rings. The SMILES string of the molecule is Cc1ccccc1-n1nc(-c2n[nH]c(=S)o2)c(O)cc1=O. The molecule has 0 unspecified atom stereocenters. The molecule has 0 saturated heterocycles. The van der Waals surface area contributed by atoms with Gasteiger partial charge in [0.05, 0.1) is 5.69 Å². The number of benzene rings is 1. The standard InChI is InChI=1S/C13H10N4O3S/c1-7-4-2-3-5-8(7)17-10(19)6-9(18)11(16-17)12-14-15-13(21)20-12/h2-6,18H,1H3,(H,15,21). The van der Waals surface area contributed by atoms with E-state index >= 15 is 0 Å². The van der Waals surface area contributed by atoms with Crippen LogP contribution in [-0.2, 0) is 0 Å². The third-order valence-electron chi connectivity index (χ3n) is 2.90. The van der Waals surface area contributed by atoms with E-state index in [0.717, 1.165) is 11.6 Å². The quantitative estimate of drug-likeness (QED) is 0.702. The van der Waals surface area contributed by atoms with E-state index in [0.29, 0.717) is 5.69 Å². The van der Waals surface area contributed by atoms with Crippen LogP contribution in [0.1, 0.15) is 5.56 Å². The summed E-state index contributed by atoms with van der Waals surface area (Å²) in [6, 6.07) is 8.32. The highest BCUT2D eigenvalue weighted by Gasteiger charge is 2.16. The van der Waals surface area contributed by atoms with Gasteiger partial charge in [0.25, 0.3) is 16.3 Å². The molecule has 7 nitrogen and oxygen atoms in total. The molecular weight excluding hydrogens is 292 g/mol. The number of nitrogens with zero attached hydrogens (tertiary/aromatic N) is 3. The normalized spacial score (nSPS) is 10.7.